The maximum atomic E-state index is 3.53. The average Bonchev–Trinajstić information content (AvgIpc) is 2.28. The number of rotatable bonds is 2. The van der Waals surface area contributed by atoms with Gasteiger partial charge in [-0.25, -0.2) is 0 Å². The van der Waals surface area contributed by atoms with Crippen LogP contribution < -0.4 is 0 Å². The van der Waals surface area contributed by atoms with E-state index < -0.39 is 0 Å². The Morgan fingerprint density at radius 3 is 2.56 bits per heavy atom. The van der Waals surface area contributed by atoms with Crippen molar-refractivity contribution in [2.45, 2.75) is 40.0 Å². The molecule has 1 aromatic carbocycles. The summed E-state index contributed by atoms with van der Waals surface area (Å²) in [5, 5.41) is 0. The number of hydrogen-bond donors (Lipinski definition) is 0. The molecule has 0 aliphatic rings. The van der Waals surface area contributed by atoms with E-state index in [9.17, 15) is 0 Å². The number of hydrogen-bond acceptors (Lipinski definition) is 0. The summed E-state index contributed by atoms with van der Waals surface area (Å²) >= 11 is 3.53. The highest BCUT2D eigenvalue weighted by Gasteiger charge is 2.12. The molecular formula is C15H19Br. The van der Waals surface area contributed by atoms with Crippen LogP contribution in [-0.4, -0.2) is 0 Å². The predicted octanol–water partition coefficient (Wildman–Crippen LogP) is 4.91. The van der Waals surface area contributed by atoms with Crippen LogP contribution in [-0.2, 0) is 0 Å². The molecule has 0 radical (unpaired) electrons. The van der Waals surface area contributed by atoms with Crippen LogP contribution in [0.15, 0.2) is 22.7 Å². The molecule has 0 aromatic heterocycles. The first kappa shape index (κ1) is 13.3. The van der Waals surface area contributed by atoms with E-state index in [1.807, 2.05) is 0 Å². The molecule has 1 aromatic rings. The molecule has 0 saturated carbocycles. The van der Waals surface area contributed by atoms with E-state index in [1.165, 1.54) is 15.6 Å². The molecule has 0 N–H and O–H groups in total. The molecule has 0 aliphatic heterocycles. The first-order valence-electron chi connectivity index (χ1n) is 5.80. The summed E-state index contributed by atoms with van der Waals surface area (Å²) < 4.78 is 1.18. The quantitative estimate of drug-likeness (QED) is 0.675. The maximum absolute atomic E-state index is 3.53. The van der Waals surface area contributed by atoms with E-state index >= 15 is 0 Å². The van der Waals surface area contributed by atoms with Crippen LogP contribution in [0.1, 0.15) is 44.2 Å². The lowest BCUT2D eigenvalue weighted by molar-refractivity contribution is 0.609. The Labute approximate surface area is 108 Å². The molecule has 0 aliphatic carbocycles. The zero-order valence-electron chi connectivity index (χ0n) is 10.5. The van der Waals surface area contributed by atoms with Crippen LogP contribution in [0.3, 0.4) is 0 Å². The Morgan fingerprint density at radius 1 is 1.31 bits per heavy atom. The summed E-state index contributed by atoms with van der Waals surface area (Å²) in [4.78, 5) is 0. The second kappa shape index (κ2) is 6.11. The van der Waals surface area contributed by atoms with Gasteiger partial charge in [-0.05, 0) is 30.0 Å². The molecule has 1 heteroatoms. The SMILES string of the molecule is CCC#CC(C)C(C)c1ccc(Br)c(C)c1. The fraction of sp³-hybridized carbons (Fsp3) is 0.467. The van der Waals surface area contributed by atoms with Crippen LogP contribution in [0.2, 0.25) is 0 Å². The largest absolute Gasteiger partial charge is 0.103 e. The molecule has 16 heavy (non-hydrogen) atoms. The van der Waals surface area contributed by atoms with Crippen molar-refractivity contribution in [2.75, 3.05) is 0 Å². The summed E-state index contributed by atoms with van der Waals surface area (Å²) in [5.74, 6) is 7.38. The summed E-state index contributed by atoms with van der Waals surface area (Å²) in [6.45, 7) is 8.67. The molecule has 1 rings (SSSR count). The number of benzene rings is 1. The second-order valence-corrected chi connectivity index (χ2v) is 5.11. The molecule has 0 bridgehead atoms. The first-order valence-corrected chi connectivity index (χ1v) is 6.60. The van der Waals surface area contributed by atoms with E-state index in [-0.39, 0.29) is 0 Å². The third kappa shape index (κ3) is 3.39. The van der Waals surface area contributed by atoms with E-state index in [1.54, 1.807) is 0 Å². The van der Waals surface area contributed by atoms with Gasteiger partial charge in [0.1, 0.15) is 0 Å². The Hall–Kier alpha value is -0.740. The number of aryl methyl sites for hydroxylation is 1. The van der Waals surface area contributed by atoms with Gasteiger partial charge in [-0.3, -0.25) is 0 Å². The van der Waals surface area contributed by atoms with Gasteiger partial charge >= 0.3 is 0 Å². The zero-order chi connectivity index (χ0) is 12.1. The number of halogens is 1. The molecule has 86 valence electrons. The van der Waals surface area contributed by atoms with Crippen LogP contribution in [0, 0.1) is 24.7 Å². The lowest BCUT2D eigenvalue weighted by Crippen LogP contribution is -2.04. The van der Waals surface area contributed by atoms with Crippen molar-refractivity contribution in [3.8, 4) is 11.8 Å². The van der Waals surface area contributed by atoms with Gasteiger partial charge in [0.2, 0.25) is 0 Å². The minimum Gasteiger partial charge on any atom is -0.103 e. The molecule has 0 spiro atoms. The van der Waals surface area contributed by atoms with Crippen LogP contribution in [0.5, 0.6) is 0 Å². The zero-order valence-corrected chi connectivity index (χ0v) is 12.1. The van der Waals surface area contributed by atoms with Crippen LogP contribution >= 0.6 is 15.9 Å². The maximum Gasteiger partial charge on any atom is 0.0240 e. The monoisotopic (exact) mass is 278 g/mol. The molecule has 0 nitrogen and oxygen atoms in total. The van der Waals surface area contributed by atoms with Crippen molar-refractivity contribution in [3.05, 3.63) is 33.8 Å². The van der Waals surface area contributed by atoms with Gasteiger partial charge in [-0.15, -0.1) is 5.92 Å². The predicted molar refractivity (Wildman–Crippen MR) is 74.5 cm³/mol. The molecule has 2 unspecified atom stereocenters. The Balaban J connectivity index is 2.87. The van der Waals surface area contributed by atoms with Crippen molar-refractivity contribution in [3.63, 3.8) is 0 Å². The van der Waals surface area contributed by atoms with E-state index in [2.05, 4.69) is 73.7 Å². The molecule has 0 amide bonds. The van der Waals surface area contributed by atoms with Crippen molar-refractivity contribution >= 4 is 15.9 Å². The molecule has 0 fully saturated rings. The Kier molecular flexibility index (Phi) is 5.09. The molecule has 2 atom stereocenters. The van der Waals surface area contributed by atoms with E-state index in [0.29, 0.717) is 11.8 Å². The summed E-state index contributed by atoms with van der Waals surface area (Å²) in [5.41, 5.74) is 2.67. The van der Waals surface area contributed by atoms with Crippen molar-refractivity contribution in [2.24, 2.45) is 5.92 Å². The van der Waals surface area contributed by atoms with Crippen molar-refractivity contribution in [1.82, 2.24) is 0 Å². The highest BCUT2D eigenvalue weighted by atomic mass is 79.9. The summed E-state index contributed by atoms with van der Waals surface area (Å²) in [6.07, 6.45) is 0.941. The standard InChI is InChI=1S/C15H19Br/c1-5-6-7-11(2)13(4)14-8-9-15(16)12(3)10-14/h8-11,13H,5H2,1-4H3. The van der Waals surface area contributed by atoms with Gasteiger partial charge in [0.05, 0.1) is 0 Å². The summed E-state index contributed by atoms with van der Waals surface area (Å²) in [6, 6.07) is 6.56. The molecular weight excluding hydrogens is 260 g/mol. The van der Waals surface area contributed by atoms with Gasteiger partial charge in [-0.2, -0.15) is 0 Å². The minimum absolute atomic E-state index is 0.417. The second-order valence-electron chi connectivity index (χ2n) is 4.26. The highest BCUT2D eigenvalue weighted by Crippen LogP contribution is 2.27. The smallest absolute Gasteiger partial charge is 0.0240 e. The van der Waals surface area contributed by atoms with Crippen LogP contribution in [0.25, 0.3) is 0 Å². The van der Waals surface area contributed by atoms with Crippen molar-refractivity contribution < 1.29 is 0 Å². The summed E-state index contributed by atoms with van der Waals surface area (Å²) in [7, 11) is 0. The lowest BCUT2D eigenvalue weighted by Gasteiger charge is -2.16. The first-order chi connectivity index (χ1) is 7.56. The highest BCUT2D eigenvalue weighted by molar-refractivity contribution is 9.10. The van der Waals surface area contributed by atoms with Gasteiger partial charge in [0.15, 0.2) is 0 Å². The van der Waals surface area contributed by atoms with Gasteiger partial charge in [-0.1, -0.05) is 54.8 Å². The third-order valence-corrected chi connectivity index (χ3v) is 3.85. The normalized spacial score (nSPS) is 13.8. The molecule has 0 heterocycles. The van der Waals surface area contributed by atoms with E-state index in [4.69, 9.17) is 0 Å². The topological polar surface area (TPSA) is 0 Å². The van der Waals surface area contributed by atoms with Gasteiger partial charge in [0.25, 0.3) is 0 Å². The van der Waals surface area contributed by atoms with E-state index in [0.717, 1.165) is 6.42 Å². The average molecular weight is 279 g/mol. The Morgan fingerprint density at radius 2 is 2.00 bits per heavy atom. The van der Waals surface area contributed by atoms with Crippen molar-refractivity contribution in [1.29, 1.82) is 0 Å². The van der Waals surface area contributed by atoms with Gasteiger partial charge in [0, 0.05) is 16.8 Å². The lowest BCUT2D eigenvalue weighted by atomic mass is 9.88. The molecule has 0 saturated heterocycles. The minimum atomic E-state index is 0.417. The van der Waals surface area contributed by atoms with Gasteiger partial charge < -0.3 is 0 Å². The fourth-order valence-corrected chi connectivity index (χ4v) is 1.87. The van der Waals surface area contributed by atoms with Crippen LogP contribution in [0.4, 0.5) is 0 Å². The third-order valence-electron chi connectivity index (χ3n) is 2.96. The Bertz CT molecular complexity index is 409. The fourth-order valence-electron chi connectivity index (χ4n) is 1.63.